The van der Waals surface area contributed by atoms with E-state index in [0.29, 0.717) is 5.46 Å². The number of H-pyrrole nitrogens is 1. The van der Waals surface area contributed by atoms with Crippen LogP contribution in [0.1, 0.15) is 0 Å². The van der Waals surface area contributed by atoms with Gasteiger partial charge in [0, 0.05) is 32.6 Å². The topological polar surface area (TPSA) is 69.4 Å². The number of fused-ring (bicyclic) bond motifs is 6. The molecule has 0 saturated carbocycles. The summed E-state index contributed by atoms with van der Waals surface area (Å²) in [6, 6.07) is 17.4. The van der Waals surface area contributed by atoms with Gasteiger partial charge in [0.15, 0.2) is 0 Å². The van der Waals surface area contributed by atoms with E-state index in [1.807, 2.05) is 30.3 Å². The van der Waals surface area contributed by atoms with Crippen LogP contribution in [0.4, 0.5) is 0 Å². The van der Waals surface area contributed by atoms with Gasteiger partial charge in [-0.05, 0) is 29.7 Å². The van der Waals surface area contributed by atoms with Crippen LogP contribution in [0, 0.1) is 0 Å². The Kier molecular flexibility index (Phi) is 2.43. The summed E-state index contributed by atoms with van der Waals surface area (Å²) in [6.07, 6.45) is 0. The number of nitrogens with one attached hydrogen (secondary N) is 1. The van der Waals surface area contributed by atoms with E-state index >= 15 is 0 Å². The highest BCUT2D eigenvalue weighted by Gasteiger charge is 2.15. The fraction of sp³-hybridized carbons (Fsp3) is 0. The van der Waals surface area contributed by atoms with Gasteiger partial charge in [0.25, 0.3) is 0 Å². The number of aromatic nitrogens is 1. The summed E-state index contributed by atoms with van der Waals surface area (Å²) >= 11 is 0. The average molecular weight is 301 g/mol. The fourth-order valence-corrected chi connectivity index (χ4v) is 3.30. The number of aromatic amines is 1. The Balaban J connectivity index is 1.92. The van der Waals surface area contributed by atoms with E-state index in [-0.39, 0.29) is 0 Å². The van der Waals surface area contributed by atoms with Gasteiger partial charge in [-0.3, -0.25) is 0 Å². The van der Waals surface area contributed by atoms with Crippen molar-refractivity contribution in [2.45, 2.75) is 0 Å². The maximum atomic E-state index is 9.39. The van der Waals surface area contributed by atoms with Gasteiger partial charge in [0.1, 0.15) is 11.2 Å². The zero-order chi connectivity index (χ0) is 15.6. The summed E-state index contributed by atoms with van der Waals surface area (Å²) in [6.45, 7) is 0. The van der Waals surface area contributed by atoms with E-state index < -0.39 is 7.12 Å². The lowest BCUT2D eigenvalue weighted by Gasteiger charge is -1.99. The van der Waals surface area contributed by atoms with Gasteiger partial charge in [-0.25, -0.2) is 0 Å². The van der Waals surface area contributed by atoms with Gasteiger partial charge in [-0.15, -0.1) is 0 Å². The maximum Gasteiger partial charge on any atom is 0.488 e. The van der Waals surface area contributed by atoms with Crippen molar-refractivity contribution in [1.82, 2.24) is 4.98 Å². The second kappa shape index (κ2) is 4.38. The average Bonchev–Trinajstić information content (AvgIpc) is 3.09. The second-order valence-corrected chi connectivity index (χ2v) is 5.80. The van der Waals surface area contributed by atoms with Crippen LogP contribution in [-0.2, 0) is 0 Å². The minimum atomic E-state index is -1.47. The molecule has 0 bridgehead atoms. The molecule has 5 rings (SSSR count). The van der Waals surface area contributed by atoms with Gasteiger partial charge in [0.05, 0.1) is 0 Å². The van der Waals surface area contributed by atoms with Gasteiger partial charge in [0.2, 0.25) is 0 Å². The van der Waals surface area contributed by atoms with Crippen LogP contribution in [0.5, 0.6) is 0 Å². The van der Waals surface area contributed by atoms with Crippen molar-refractivity contribution in [2.75, 3.05) is 0 Å². The first kappa shape index (κ1) is 12.8. The smallest absolute Gasteiger partial charge is 0.456 e. The second-order valence-electron chi connectivity index (χ2n) is 5.80. The van der Waals surface area contributed by atoms with E-state index in [2.05, 4.69) is 17.1 Å². The highest BCUT2D eigenvalue weighted by Crippen LogP contribution is 2.34. The molecule has 0 aliphatic rings. The van der Waals surface area contributed by atoms with Crippen LogP contribution in [0.3, 0.4) is 0 Å². The summed E-state index contributed by atoms with van der Waals surface area (Å²) in [5, 5.41) is 22.9. The third-order valence-electron chi connectivity index (χ3n) is 4.42. The minimum absolute atomic E-state index is 0.475. The molecule has 5 heteroatoms. The fourth-order valence-electron chi connectivity index (χ4n) is 3.30. The molecule has 0 saturated heterocycles. The lowest BCUT2D eigenvalue weighted by Crippen LogP contribution is -2.29. The van der Waals surface area contributed by atoms with E-state index in [1.54, 1.807) is 12.1 Å². The molecule has 0 unspecified atom stereocenters. The first-order chi connectivity index (χ1) is 11.2. The molecule has 2 heterocycles. The maximum absolute atomic E-state index is 9.39. The number of benzene rings is 3. The van der Waals surface area contributed by atoms with Crippen molar-refractivity contribution >= 4 is 56.3 Å². The van der Waals surface area contributed by atoms with Crippen molar-refractivity contribution in [3.63, 3.8) is 0 Å². The third-order valence-corrected chi connectivity index (χ3v) is 4.42. The standard InChI is InChI=1S/C18H12BNO3/c21-19(22)10-5-6-15-12(7-10)13-9-18-14(8-16(13)20-15)11-3-1-2-4-17(11)23-18/h1-9,20-22H. The van der Waals surface area contributed by atoms with Crippen LogP contribution in [0.2, 0.25) is 0 Å². The minimum Gasteiger partial charge on any atom is -0.456 e. The van der Waals surface area contributed by atoms with Crippen LogP contribution in [0.15, 0.2) is 59.0 Å². The molecule has 110 valence electrons. The molecule has 3 aromatic carbocycles. The van der Waals surface area contributed by atoms with E-state index in [9.17, 15) is 10.0 Å². The Labute approximate surface area is 131 Å². The largest absolute Gasteiger partial charge is 0.488 e. The van der Waals surface area contributed by atoms with Crippen LogP contribution >= 0.6 is 0 Å². The Hall–Kier alpha value is -2.76. The molecule has 0 atom stereocenters. The lowest BCUT2D eigenvalue weighted by molar-refractivity contribution is 0.426. The number of para-hydroxylation sites is 1. The zero-order valence-electron chi connectivity index (χ0n) is 12.1. The normalized spacial score (nSPS) is 11.9. The number of furan rings is 1. The van der Waals surface area contributed by atoms with Gasteiger partial charge in [-0.1, -0.05) is 30.3 Å². The van der Waals surface area contributed by atoms with Crippen molar-refractivity contribution in [1.29, 1.82) is 0 Å². The molecule has 2 aromatic heterocycles. The highest BCUT2D eigenvalue weighted by atomic mass is 16.4. The molecule has 0 radical (unpaired) electrons. The third kappa shape index (κ3) is 1.75. The first-order valence-corrected chi connectivity index (χ1v) is 7.43. The van der Waals surface area contributed by atoms with Crippen molar-refractivity contribution in [3.8, 4) is 0 Å². The van der Waals surface area contributed by atoms with Crippen molar-refractivity contribution in [2.24, 2.45) is 0 Å². The monoisotopic (exact) mass is 301 g/mol. The number of rotatable bonds is 1. The lowest BCUT2D eigenvalue weighted by atomic mass is 9.80. The van der Waals surface area contributed by atoms with Crippen LogP contribution in [-0.4, -0.2) is 22.2 Å². The molecular weight excluding hydrogens is 289 g/mol. The Bertz CT molecular complexity index is 1200. The number of hydrogen-bond donors (Lipinski definition) is 3. The van der Waals surface area contributed by atoms with E-state index in [1.165, 1.54) is 0 Å². The molecular formula is C18H12BNO3. The molecule has 0 spiro atoms. The summed E-state index contributed by atoms with van der Waals surface area (Å²) in [5.41, 5.74) is 4.13. The predicted octanol–water partition coefficient (Wildman–Crippen LogP) is 2.90. The molecule has 0 amide bonds. The number of hydrogen-bond acceptors (Lipinski definition) is 3. The Morgan fingerprint density at radius 1 is 0.739 bits per heavy atom. The molecule has 5 aromatic rings. The van der Waals surface area contributed by atoms with Gasteiger partial charge in [-0.2, -0.15) is 0 Å². The van der Waals surface area contributed by atoms with Gasteiger partial charge >= 0.3 is 7.12 Å². The Morgan fingerprint density at radius 3 is 2.43 bits per heavy atom. The molecule has 0 aliphatic heterocycles. The van der Waals surface area contributed by atoms with Gasteiger partial charge < -0.3 is 19.4 Å². The summed E-state index contributed by atoms with van der Waals surface area (Å²) in [5.74, 6) is 0. The predicted molar refractivity (Wildman–Crippen MR) is 92.9 cm³/mol. The van der Waals surface area contributed by atoms with Crippen molar-refractivity contribution < 1.29 is 14.5 Å². The molecule has 3 N–H and O–H groups in total. The Morgan fingerprint density at radius 2 is 1.57 bits per heavy atom. The summed E-state index contributed by atoms with van der Waals surface area (Å²) in [7, 11) is -1.47. The van der Waals surface area contributed by atoms with Crippen LogP contribution in [0.25, 0.3) is 43.7 Å². The molecule has 4 nitrogen and oxygen atoms in total. The highest BCUT2D eigenvalue weighted by molar-refractivity contribution is 6.59. The van der Waals surface area contributed by atoms with E-state index in [4.69, 9.17) is 4.42 Å². The quantitative estimate of drug-likeness (QED) is 0.417. The molecule has 0 fully saturated rings. The van der Waals surface area contributed by atoms with Crippen LogP contribution < -0.4 is 5.46 Å². The zero-order valence-corrected chi connectivity index (χ0v) is 12.1. The SMILES string of the molecule is OB(O)c1ccc2[nH]c3cc4c(cc3c2c1)oc1ccccc14. The van der Waals surface area contributed by atoms with Crippen molar-refractivity contribution in [3.05, 3.63) is 54.6 Å². The summed E-state index contributed by atoms with van der Waals surface area (Å²) in [4.78, 5) is 3.39. The molecule has 0 aliphatic carbocycles. The summed E-state index contributed by atoms with van der Waals surface area (Å²) < 4.78 is 5.94. The van der Waals surface area contributed by atoms with E-state index in [0.717, 1.165) is 43.7 Å². The molecule has 23 heavy (non-hydrogen) atoms. The first-order valence-electron chi connectivity index (χ1n) is 7.43.